The summed E-state index contributed by atoms with van der Waals surface area (Å²) in [6, 6.07) is 8.89. The predicted octanol–water partition coefficient (Wildman–Crippen LogP) is 2.34. The zero-order valence-electron chi connectivity index (χ0n) is 19.4. The SMILES string of the molecule is CS(=O)(=O)Nc1ccc(CCCNCC(O)COc2ccc(C(F)(F)F)c3c2CCS(=O)(=O)N3)cc1. The van der Waals surface area contributed by atoms with E-state index in [1.807, 2.05) is 16.9 Å². The Morgan fingerprint density at radius 1 is 1.17 bits per heavy atom. The molecule has 0 saturated heterocycles. The molecule has 14 heteroatoms. The fourth-order valence-corrected chi connectivity index (χ4v) is 5.38. The van der Waals surface area contributed by atoms with Crippen LogP contribution in [-0.2, 0) is 39.1 Å². The molecule has 2 aromatic rings. The van der Waals surface area contributed by atoms with Gasteiger partial charge in [0, 0.05) is 17.8 Å². The van der Waals surface area contributed by atoms with Crippen LogP contribution < -0.4 is 19.5 Å². The smallest absolute Gasteiger partial charge is 0.418 e. The molecule has 0 saturated carbocycles. The van der Waals surface area contributed by atoms with Crippen LogP contribution in [0, 0.1) is 0 Å². The molecule has 0 fully saturated rings. The lowest BCUT2D eigenvalue weighted by molar-refractivity contribution is -0.137. The highest BCUT2D eigenvalue weighted by Gasteiger charge is 2.38. The van der Waals surface area contributed by atoms with Crippen LogP contribution in [0.5, 0.6) is 5.75 Å². The maximum atomic E-state index is 13.3. The molecule has 3 rings (SSSR count). The van der Waals surface area contributed by atoms with Gasteiger partial charge in [-0.25, -0.2) is 16.8 Å². The van der Waals surface area contributed by atoms with E-state index >= 15 is 0 Å². The van der Waals surface area contributed by atoms with Gasteiger partial charge < -0.3 is 15.2 Å². The minimum atomic E-state index is -4.74. The van der Waals surface area contributed by atoms with E-state index in [-0.39, 0.29) is 36.6 Å². The van der Waals surface area contributed by atoms with Gasteiger partial charge in [0.1, 0.15) is 18.5 Å². The summed E-state index contributed by atoms with van der Waals surface area (Å²) in [6.45, 7) is 0.580. The molecule has 1 aliphatic heterocycles. The topological polar surface area (TPSA) is 134 Å². The first-order valence-corrected chi connectivity index (χ1v) is 14.6. The molecule has 0 amide bonds. The molecule has 1 atom stereocenters. The number of aliphatic hydroxyl groups is 1. The Bertz CT molecular complexity index is 1270. The van der Waals surface area contributed by atoms with Crippen molar-refractivity contribution in [2.75, 3.05) is 41.1 Å². The number of nitrogens with one attached hydrogen (secondary N) is 3. The molecular formula is C22H28F3N3O6S2. The summed E-state index contributed by atoms with van der Waals surface area (Å²) in [7, 11) is -7.20. The molecule has 0 spiro atoms. The summed E-state index contributed by atoms with van der Waals surface area (Å²) in [5, 5.41) is 13.3. The number of alkyl halides is 3. The van der Waals surface area contributed by atoms with E-state index in [0.29, 0.717) is 12.2 Å². The lowest BCUT2D eigenvalue weighted by Crippen LogP contribution is -2.32. The van der Waals surface area contributed by atoms with Crippen molar-refractivity contribution in [1.82, 2.24) is 5.32 Å². The van der Waals surface area contributed by atoms with Gasteiger partial charge in [-0.15, -0.1) is 0 Å². The highest BCUT2D eigenvalue weighted by Crippen LogP contribution is 2.42. The van der Waals surface area contributed by atoms with Crippen molar-refractivity contribution in [3.05, 3.63) is 53.1 Å². The Morgan fingerprint density at radius 2 is 1.86 bits per heavy atom. The summed E-state index contributed by atoms with van der Waals surface area (Å²) in [5.74, 6) is -0.271. The van der Waals surface area contributed by atoms with E-state index in [9.17, 15) is 35.1 Å². The molecule has 1 unspecified atom stereocenters. The Hall–Kier alpha value is -2.55. The molecule has 1 aliphatic rings. The molecule has 4 N–H and O–H groups in total. The average molecular weight is 552 g/mol. The number of anilines is 2. The number of benzene rings is 2. The lowest BCUT2D eigenvalue weighted by Gasteiger charge is -2.25. The third kappa shape index (κ3) is 8.25. The quantitative estimate of drug-likeness (QED) is 0.315. The molecule has 9 nitrogen and oxygen atoms in total. The summed E-state index contributed by atoms with van der Waals surface area (Å²) in [5.41, 5.74) is -0.00940. The van der Waals surface area contributed by atoms with E-state index in [2.05, 4.69) is 10.0 Å². The molecule has 0 bridgehead atoms. The van der Waals surface area contributed by atoms with Crippen LogP contribution in [0.1, 0.15) is 23.1 Å². The van der Waals surface area contributed by atoms with Crippen LogP contribution in [0.25, 0.3) is 0 Å². The Morgan fingerprint density at radius 3 is 2.50 bits per heavy atom. The number of sulfonamides is 2. The van der Waals surface area contributed by atoms with Gasteiger partial charge in [-0.3, -0.25) is 9.44 Å². The molecule has 0 aliphatic carbocycles. The largest absolute Gasteiger partial charge is 0.490 e. The van der Waals surface area contributed by atoms with Gasteiger partial charge in [0.15, 0.2) is 0 Å². The molecule has 0 aromatic heterocycles. The number of hydrogen-bond acceptors (Lipinski definition) is 7. The molecule has 2 aromatic carbocycles. The van der Waals surface area contributed by atoms with Crippen molar-refractivity contribution < 1.29 is 39.9 Å². The Kier molecular flexibility index (Phi) is 8.75. The summed E-state index contributed by atoms with van der Waals surface area (Å²) in [4.78, 5) is 0. The normalized spacial score (nSPS) is 16.0. The van der Waals surface area contributed by atoms with Gasteiger partial charge in [-0.2, -0.15) is 13.2 Å². The van der Waals surface area contributed by atoms with Crippen LogP contribution in [0.2, 0.25) is 0 Å². The monoisotopic (exact) mass is 551 g/mol. The minimum Gasteiger partial charge on any atom is -0.490 e. The van der Waals surface area contributed by atoms with Crippen molar-refractivity contribution in [1.29, 1.82) is 0 Å². The summed E-state index contributed by atoms with van der Waals surface area (Å²) in [6.07, 6.45) is -3.26. The van der Waals surface area contributed by atoms with Crippen molar-refractivity contribution in [2.24, 2.45) is 0 Å². The van der Waals surface area contributed by atoms with E-state index in [4.69, 9.17) is 4.74 Å². The summed E-state index contributed by atoms with van der Waals surface area (Å²) < 4.78 is 95.9. The number of ether oxygens (including phenoxy) is 1. The van der Waals surface area contributed by atoms with Crippen molar-refractivity contribution >= 4 is 31.4 Å². The summed E-state index contributed by atoms with van der Waals surface area (Å²) >= 11 is 0. The van der Waals surface area contributed by atoms with Crippen LogP contribution in [0.4, 0.5) is 24.5 Å². The first-order valence-electron chi connectivity index (χ1n) is 11.1. The number of rotatable bonds is 11. The van der Waals surface area contributed by atoms with E-state index in [1.165, 1.54) is 0 Å². The van der Waals surface area contributed by atoms with Gasteiger partial charge >= 0.3 is 6.18 Å². The third-order valence-corrected chi connectivity index (χ3v) is 7.20. The van der Waals surface area contributed by atoms with Crippen molar-refractivity contribution in [3.63, 3.8) is 0 Å². The average Bonchev–Trinajstić information content (AvgIpc) is 2.75. The van der Waals surface area contributed by atoms with Crippen LogP contribution in [-0.4, -0.2) is 59.8 Å². The molecule has 36 heavy (non-hydrogen) atoms. The second-order valence-electron chi connectivity index (χ2n) is 8.48. The molecule has 200 valence electrons. The van der Waals surface area contributed by atoms with E-state index in [1.54, 1.807) is 12.1 Å². The van der Waals surface area contributed by atoms with Crippen molar-refractivity contribution in [2.45, 2.75) is 31.5 Å². The first kappa shape index (κ1) is 28.0. The maximum absolute atomic E-state index is 13.3. The number of fused-ring (bicyclic) bond motifs is 1. The van der Waals surface area contributed by atoms with Crippen LogP contribution in [0.15, 0.2) is 36.4 Å². The minimum absolute atomic E-state index is 0.0910. The van der Waals surface area contributed by atoms with E-state index in [0.717, 1.165) is 36.8 Å². The predicted molar refractivity (Wildman–Crippen MR) is 130 cm³/mol. The van der Waals surface area contributed by atoms with Gasteiger partial charge in [0.2, 0.25) is 20.0 Å². The molecular weight excluding hydrogens is 523 g/mol. The Balaban J connectivity index is 1.46. The van der Waals surface area contributed by atoms with Crippen LogP contribution in [0.3, 0.4) is 0 Å². The van der Waals surface area contributed by atoms with E-state index < -0.39 is 43.6 Å². The first-order chi connectivity index (χ1) is 16.7. The fraction of sp³-hybridized carbons (Fsp3) is 0.455. The fourth-order valence-electron chi connectivity index (χ4n) is 3.69. The number of hydrogen-bond donors (Lipinski definition) is 4. The zero-order valence-corrected chi connectivity index (χ0v) is 21.1. The van der Waals surface area contributed by atoms with Gasteiger partial charge in [-0.05, 0) is 55.6 Å². The number of aryl methyl sites for hydroxylation is 1. The molecule has 1 heterocycles. The second-order valence-corrected chi connectivity index (χ2v) is 12.1. The number of halogens is 3. The molecule has 0 radical (unpaired) electrons. The standard InChI is InChI=1S/C22H28F3N3O6S2/c1-35(30,31)27-16-6-4-15(5-7-16)3-2-11-26-13-17(29)14-34-20-9-8-19(22(23,24)25)21-18(20)10-12-36(32,33)28-21/h4-9,17,26-29H,2-3,10-14H2,1H3. The highest BCUT2D eigenvalue weighted by molar-refractivity contribution is 7.92. The van der Waals surface area contributed by atoms with Gasteiger partial charge in [-0.1, -0.05) is 12.1 Å². The van der Waals surface area contributed by atoms with Crippen molar-refractivity contribution in [3.8, 4) is 5.75 Å². The zero-order chi connectivity index (χ0) is 26.6. The van der Waals surface area contributed by atoms with Crippen LogP contribution >= 0.6 is 0 Å². The highest BCUT2D eigenvalue weighted by atomic mass is 32.2. The third-order valence-electron chi connectivity index (χ3n) is 5.34. The van der Waals surface area contributed by atoms with Gasteiger partial charge in [0.25, 0.3) is 0 Å². The maximum Gasteiger partial charge on any atom is 0.418 e. The second kappa shape index (κ2) is 11.2. The Labute approximate surface area is 208 Å². The lowest BCUT2D eigenvalue weighted by atomic mass is 10.0. The van der Waals surface area contributed by atoms with Gasteiger partial charge in [0.05, 0.1) is 23.3 Å². The number of aliphatic hydroxyl groups excluding tert-OH is 1.